The summed E-state index contributed by atoms with van der Waals surface area (Å²) >= 11 is 0. The number of aryl methyl sites for hydroxylation is 1. The van der Waals surface area contributed by atoms with Crippen LogP contribution in [0.3, 0.4) is 0 Å². The Morgan fingerprint density at radius 3 is 2.65 bits per heavy atom. The molecular weight excluding hydrogens is 226 g/mol. The van der Waals surface area contributed by atoms with Gasteiger partial charge in [-0.3, -0.25) is 14.9 Å². The molecule has 0 fully saturated rings. The van der Waals surface area contributed by atoms with Crippen LogP contribution in [0.4, 0.5) is 5.69 Å². The van der Waals surface area contributed by atoms with Gasteiger partial charge in [-0.25, -0.2) is 0 Å². The smallest absolute Gasteiger partial charge is 0.310 e. The SMILES string of the molecule is CC(CCc1ccc([N+](=O)[O-])c(O)c1)C(=O)O. The molecule has 1 aromatic carbocycles. The zero-order valence-electron chi connectivity index (χ0n) is 9.29. The molecule has 0 aliphatic carbocycles. The summed E-state index contributed by atoms with van der Waals surface area (Å²) in [6.07, 6.45) is 0.881. The third kappa shape index (κ3) is 3.44. The number of nitro groups is 1. The molecule has 0 spiro atoms. The van der Waals surface area contributed by atoms with Gasteiger partial charge in [-0.05, 0) is 24.5 Å². The lowest BCUT2D eigenvalue weighted by Gasteiger charge is -2.06. The van der Waals surface area contributed by atoms with Crippen LogP contribution >= 0.6 is 0 Å². The molecule has 0 aromatic heterocycles. The van der Waals surface area contributed by atoms with Gasteiger partial charge in [0.25, 0.3) is 0 Å². The summed E-state index contributed by atoms with van der Waals surface area (Å²) in [4.78, 5) is 20.4. The number of phenols is 1. The molecule has 1 unspecified atom stereocenters. The quantitative estimate of drug-likeness (QED) is 0.604. The van der Waals surface area contributed by atoms with Gasteiger partial charge >= 0.3 is 11.7 Å². The zero-order chi connectivity index (χ0) is 13.0. The van der Waals surface area contributed by atoms with Crippen LogP contribution in [-0.4, -0.2) is 21.1 Å². The van der Waals surface area contributed by atoms with E-state index in [0.29, 0.717) is 18.4 Å². The standard InChI is InChI=1S/C11H13NO5/c1-7(11(14)15)2-3-8-4-5-9(12(16)17)10(13)6-8/h4-7,13H,2-3H2,1H3,(H,14,15). The molecule has 0 bridgehead atoms. The molecule has 1 rings (SSSR count). The molecule has 0 saturated carbocycles. The Morgan fingerprint density at radius 2 is 2.18 bits per heavy atom. The van der Waals surface area contributed by atoms with E-state index in [2.05, 4.69) is 0 Å². The maximum atomic E-state index is 10.6. The Morgan fingerprint density at radius 1 is 1.53 bits per heavy atom. The van der Waals surface area contributed by atoms with Crippen molar-refractivity contribution >= 4 is 11.7 Å². The van der Waals surface area contributed by atoms with E-state index < -0.39 is 22.6 Å². The molecule has 0 heterocycles. The van der Waals surface area contributed by atoms with Gasteiger partial charge in [0, 0.05) is 6.07 Å². The number of hydrogen-bond acceptors (Lipinski definition) is 4. The number of aromatic hydroxyl groups is 1. The van der Waals surface area contributed by atoms with Crippen LogP contribution in [0.1, 0.15) is 18.9 Å². The summed E-state index contributed by atoms with van der Waals surface area (Å²) in [6.45, 7) is 1.59. The number of nitro benzene ring substituents is 1. The van der Waals surface area contributed by atoms with E-state index in [4.69, 9.17) is 5.11 Å². The first-order chi connectivity index (χ1) is 7.91. The molecule has 0 saturated heterocycles. The largest absolute Gasteiger partial charge is 0.502 e. The van der Waals surface area contributed by atoms with Gasteiger partial charge in [0.15, 0.2) is 5.75 Å². The first-order valence-electron chi connectivity index (χ1n) is 5.11. The second-order valence-corrected chi connectivity index (χ2v) is 3.86. The number of rotatable bonds is 5. The Kier molecular flexibility index (Phi) is 4.03. The molecule has 17 heavy (non-hydrogen) atoms. The summed E-state index contributed by atoms with van der Waals surface area (Å²) in [5.74, 6) is -1.75. The monoisotopic (exact) mass is 239 g/mol. The molecular formula is C11H13NO5. The summed E-state index contributed by atoms with van der Waals surface area (Å²) in [5.41, 5.74) is 0.334. The van der Waals surface area contributed by atoms with Gasteiger partial charge in [0.2, 0.25) is 0 Å². The molecule has 0 aliphatic heterocycles. The minimum atomic E-state index is -0.879. The highest BCUT2D eigenvalue weighted by atomic mass is 16.6. The minimum absolute atomic E-state index is 0.347. The third-order valence-electron chi connectivity index (χ3n) is 2.52. The van der Waals surface area contributed by atoms with Crippen LogP contribution in [0.25, 0.3) is 0 Å². The lowest BCUT2D eigenvalue weighted by atomic mass is 10.0. The van der Waals surface area contributed by atoms with Gasteiger partial charge in [-0.2, -0.15) is 0 Å². The summed E-state index contributed by atoms with van der Waals surface area (Å²) in [7, 11) is 0. The van der Waals surface area contributed by atoms with Crippen LogP contribution in [0.5, 0.6) is 5.75 Å². The zero-order valence-corrected chi connectivity index (χ0v) is 9.29. The van der Waals surface area contributed by atoms with Crippen LogP contribution in [-0.2, 0) is 11.2 Å². The molecule has 1 aromatic rings. The Balaban J connectivity index is 2.71. The van der Waals surface area contributed by atoms with Crippen molar-refractivity contribution in [1.29, 1.82) is 0 Å². The number of phenolic OH excluding ortho intramolecular Hbond substituents is 1. The molecule has 0 radical (unpaired) electrons. The van der Waals surface area contributed by atoms with Gasteiger partial charge in [-0.1, -0.05) is 13.0 Å². The van der Waals surface area contributed by atoms with Crippen LogP contribution in [0.15, 0.2) is 18.2 Å². The fourth-order valence-corrected chi connectivity index (χ4v) is 1.39. The van der Waals surface area contributed by atoms with Gasteiger partial charge in [0.05, 0.1) is 10.8 Å². The molecule has 92 valence electrons. The van der Waals surface area contributed by atoms with E-state index in [9.17, 15) is 20.0 Å². The third-order valence-corrected chi connectivity index (χ3v) is 2.52. The lowest BCUT2D eigenvalue weighted by Crippen LogP contribution is -2.10. The number of hydrogen-bond donors (Lipinski definition) is 2. The fraction of sp³-hybridized carbons (Fsp3) is 0.364. The highest BCUT2D eigenvalue weighted by Crippen LogP contribution is 2.27. The minimum Gasteiger partial charge on any atom is -0.502 e. The van der Waals surface area contributed by atoms with Crippen LogP contribution in [0, 0.1) is 16.0 Å². The Bertz CT molecular complexity index is 443. The van der Waals surface area contributed by atoms with E-state index in [1.165, 1.54) is 18.2 Å². The fourth-order valence-electron chi connectivity index (χ4n) is 1.39. The average Bonchev–Trinajstić information content (AvgIpc) is 2.25. The summed E-state index contributed by atoms with van der Waals surface area (Å²) < 4.78 is 0. The number of benzene rings is 1. The maximum absolute atomic E-state index is 10.6. The molecule has 6 nitrogen and oxygen atoms in total. The van der Waals surface area contributed by atoms with E-state index in [1.807, 2.05) is 0 Å². The first kappa shape index (κ1) is 13.0. The van der Waals surface area contributed by atoms with Crippen LogP contribution < -0.4 is 0 Å². The predicted molar refractivity (Wildman–Crippen MR) is 59.9 cm³/mol. The van der Waals surface area contributed by atoms with Crippen molar-refractivity contribution in [3.63, 3.8) is 0 Å². The van der Waals surface area contributed by atoms with Gasteiger partial charge in [0.1, 0.15) is 0 Å². The van der Waals surface area contributed by atoms with Crippen molar-refractivity contribution in [2.45, 2.75) is 19.8 Å². The number of carboxylic acids is 1. The van der Waals surface area contributed by atoms with Gasteiger partial charge < -0.3 is 10.2 Å². The topological polar surface area (TPSA) is 101 Å². The van der Waals surface area contributed by atoms with Crippen LogP contribution in [0.2, 0.25) is 0 Å². The van der Waals surface area contributed by atoms with Crippen molar-refractivity contribution < 1.29 is 19.9 Å². The van der Waals surface area contributed by atoms with Crippen molar-refractivity contribution in [2.75, 3.05) is 0 Å². The van der Waals surface area contributed by atoms with E-state index >= 15 is 0 Å². The summed E-state index contributed by atoms with van der Waals surface area (Å²) in [6, 6.07) is 4.04. The van der Waals surface area contributed by atoms with Crippen molar-refractivity contribution in [1.82, 2.24) is 0 Å². The molecule has 1 atom stereocenters. The summed E-state index contributed by atoms with van der Waals surface area (Å²) in [5, 5.41) is 28.5. The Labute approximate surface area is 97.7 Å². The molecule has 2 N–H and O–H groups in total. The predicted octanol–water partition coefficient (Wildman–Crippen LogP) is 1.95. The highest BCUT2D eigenvalue weighted by molar-refractivity contribution is 5.69. The van der Waals surface area contributed by atoms with E-state index in [1.54, 1.807) is 6.92 Å². The second-order valence-electron chi connectivity index (χ2n) is 3.86. The first-order valence-corrected chi connectivity index (χ1v) is 5.11. The Hall–Kier alpha value is -2.11. The van der Waals surface area contributed by atoms with E-state index in [-0.39, 0.29) is 5.69 Å². The van der Waals surface area contributed by atoms with Crippen molar-refractivity contribution in [2.24, 2.45) is 5.92 Å². The van der Waals surface area contributed by atoms with E-state index in [0.717, 1.165) is 0 Å². The second kappa shape index (κ2) is 5.29. The lowest BCUT2D eigenvalue weighted by molar-refractivity contribution is -0.385. The maximum Gasteiger partial charge on any atom is 0.310 e. The number of carboxylic acid groups (broad SMARTS) is 1. The number of carbonyl (C=O) groups is 1. The number of aliphatic carboxylic acids is 1. The average molecular weight is 239 g/mol. The van der Waals surface area contributed by atoms with Crippen molar-refractivity contribution in [3.05, 3.63) is 33.9 Å². The normalized spacial score (nSPS) is 12.1. The molecule has 0 aliphatic rings. The number of nitrogens with zero attached hydrogens (tertiary/aromatic N) is 1. The molecule has 0 amide bonds. The molecule has 6 heteroatoms. The van der Waals surface area contributed by atoms with Crippen molar-refractivity contribution in [3.8, 4) is 5.75 Å². The highest BCUT2D eigenvalue weighted by Gasteiger charge is 2.14. The van der Waals surface area contributed by atoms with Gasteiger partial charge in [-0.15, -0.1) is 0 Å².